The van der Waals surface area contributed by atoms with Gasteiger partial charge in [0.15, 0.2) is 0 Å². The normalized spacial score (nSPS) is 16.7. The van der Waals surface area contributed by atoms with E-state index >= 15 is 0 Å². The molecule has 1 atom stereocenters. The SMILES string of the molecule is CCCCCNC(=O)C1CCN(CCC(=O)NC(C)c2ccccc2)CC1. The van der Waals surface area contributed by atoms with Crippen LogP contribution in [0.2, 0.25) is 0 Å². The zero-order chi connectivity index (χ0) is 19.5. The van der Waals surface area contributed by atoms with Gasteiger partial charge in [-0.05, 0) is 44.8 Å². The molecule has 5 nitrogen and oxygen atoms in total. The number of piperidine rings is 1. The molecule has 150 valence electrons. The van der Waals surface area contributed by atoms with Crippen molar-refractivity contribution in [2.45, 2.75) is 58.4 Å². The number of unbranched alkanes of at least 4 members (excludes halogenated alkanes) is 2. The van der Waals surface area contributed by atoms with Gasteiger partial charge in [0.1, 0.15) is 0 Å². The number of benzene rings is 1. The molecule has 1 unspecified atom stereocenters. The lowest BCUT2D eigenvalue weighted by atomic mass is 9.95. The topological polar surface area (TPSA) is 61.4 Å². The average molecular weight is 374 g/mol. The number of rotatable bonds is 10. The molecule has 1 aliphatic heterocycles. The number of nitrogens with zero attached hydrogens (tertiary/aromatic N) is 1. The fourth-order valence-electron chi connectivity index (χ4n) is 3.55. The number of likely N-dealkylation sites (tertiary alicyclic amines) is 1. The van der Waals surface area contributed by atoms with Crippen LogP contribution < -0.4 is 10.6 Å². The maximum absolute atomic E-state index is 12.2. The highest BCUT2D eigenvalue weighted by Gasteiger charge is 2.24. The van der Waals surface area contributed by atoms with Gasteiger partial charge in [0.25, 0.3) is 0 Å². The molecule has 0 aliphatic carbocycles. The molecule has 0 aromatic heterocycles. The predicted octanol–water partition coefficient (Wildman–Crippen LogP) is 3.27. The van der Waals surface area contributed by atoms with E-state index in [4.69, 9.17) is 0 Å². The van der Waals surface area contributed by atoms with Crippen molar-refractivity contribution in [2.75, 3.05) is 26.2 Å². The largest absolute Gasteiger partial charge is 0.356 e. The highest BCUT2D eigenvalue weighted by Crippen LogP contribution is 2.18. The molecule has 2 rings (SSSR count). The fraction of sp³-hybridized carbons (Fsp3) is 0.636. The molecular weight excluding hydrogens is 338 g/mol. The Labute approximate surface area is 163 Å². The first-order valence-electron chi connectivity index (χ1n) is 10.4. The third kappa shape index (κ3) is 7.71. The lowest BCUT2D eigenvalue weighted by Crippen LogP contribution is -2.42. The highest BCUT2D eigenvalue weighted by atomic mass is 16.2. The molecule has 2 amide bonds. The average Bonchev–Trinajstić information content (AvgIpc) is 2.70. The zero-order valence-electron chi connectivity index (χ0n) is 16.9. The first-order valence-corrected chi connectivity index (χ1v) is 10.4. The van der Waals surface area contributed by atoms with Crippen molar-refractivity contribution in [1.29, 1.82) is 0 Å². The Balaban J connectivity index is 1.61. The van der Waals surface area contributed by atoms with Crippen LogP contribution in [0.15, 0.2) is 30.3 Å². The molecule has 1 aromatic carbocycles. The number of amides is 2. The van der Waals surface area contributed by atoms with E-state index in [2.05, 4.69) is 22.5 Å². The molecule has 2 N–H and O–H groups in total. The second-order valence-electron chi connectivity index (χ2n) is 7.56. The van der Waals surface area contributed by atoms with Crippen LogP contribution >= 0.6 is 0 Å². The van der Waals surface area contributed by atoms with Crippen LogP contribution in [-0.2, 0) is 9.59 Å². The van der Waals surface area contributed by atoms with Crippen LogP contribution in [0, 0.1) is 5.92 Å². The van der Waals surface area contributed by atoms with Crippen LogP contribution in [0.3, 0.4) is 0 Å². The third-order valence-electron chi connectivity index (χ3n) is 5.37. The molecule has 5 heteroatoms. The first kappa shape index (κ1) is 21.4. The van der Waals surface area contributed by atoms with Gasteiger partial charge in [-0.1, -0.05) is 50.1 Å². The van der Waals surface area contributed by atoms with Crippen molar-refractivity contribution in [3.63, 3.8) is 0 Å². The van der Waals surface area contributed by atoms with Crippen LogP contribution in [0.5, 0.6) is 0 Å². The number of hydrogen-bond donors (Lipinski definition) is 2. The summed E-state index contributed by atoms with van der Waals surface area (Å²) in [6, 6.07) is 10.0. The first-order chi connectivity index (χ1) is 13.1. The Morgan fingerprint density at radius 2 is 1.85 bits per heavy atom. The summed E-state index contributed by atoms with van der Waals surface area (Å²) in [7, 11) is 0. The Morgan fingerprint density at radius 3 is 2.52 bits per heavy atom. The minimum atomic E-state index is 0.0286. The monoisotopic (exact) mass is 373 g/mol. The Hall–Kier alpha value is -1.88. The van der Waals surface area contributed by atoms with Gasteiger partial charge in [-0.25, -0.2) is 0 Å². The Kier molecular flexibility index (Phi) is 9.32. The number of nitrogens with one attached hydrogen (secondary N) is 2. The van der Waals surface area contributed by atoms with Gasteiger partial charge in [-0.2, -0.15) is 0 Å². The van der Waals surface area contributed by atoms with Crippen LogP contribution in [0.4, 0.5) is 0 Å². The van der Waals surface area contributed by atoms with E-state index in [0.29, 0.717) is 6.42 Å². The van der Waals surface area contributed by atoms with Gasteiger partial charge in [0.05, 0.1) is 6.04 Å². The standard InChI is InChI=1S/C22H35N3O2/c1-3-4-8-14-23-22(27)20-11-15-25(16-12-20)17-13-21(26)24-18(2)19-9-6-5-7-10-19/h5-7,9-10,18,20H,3-4,8,11-17H2,1-2H3,(H,23,27)(H,24,26). The van der Waals surface area contributed by atoms with Gasteiger partial charge in [0.2, 0.25) is 11.8 Å². The lowest BCUT2D eigenvalue weighted by molar-refractivity contribution is -0.127. The van der Waals surface area contributed by atoms with E-state index in [1.165, 1.54) is 12.8 Å². The molecular formula is C22H35N3O2. The number of carbonyl (C=O) groups excluding carboxylic acids is 2. The molecule has 27 heavy (non-hydrogen) atoms. The maximum atomic E-state index is 12.2. The molecule has 1 saturated heterocycles. The summed E-state index contributed by atoms with van der Waals surface area (Å²) in [6.45, 7) is 7.53. The van der Waals surface area contributed by atoms with E-state index in [0.717, 1.165) is 51.0 Å². The van der Waals surface area contributed by atoms with E-state index in [-0.39, 0.29) is 23.8 Å². The van der Waals surface area contributed by atoms with Crippen molar-refractivity contribution in [2.24, 2.45) is 5.92 Å². The summed E-state index contributed by atoms with van der Waals surface area (Å²) in [6.07, 6.45) is 5.70. The van der Waals surface area contributed by atoms with E-state index in [1.807, 2.05) is 37.3 Å². The zero-order valence-corrected chi connectivity index (χ0v) is 16.9. The van der Waals surface area contributed by atoms with Crippen molar-refractivity contribution >= 4 is 11.8 Å². The smallest absolute Gasteiger partial charge is 0.223 e. The Morgan fingerprint density at radius 1 is 1.15 bits per heavy atom. The van der Waals surface area contributed by atoms with Crippen LogP contribution in [0.1, 0.15) is 64.0 Å². The number of carbonyl (C=O) groups is 2. The van der Waals surface area contributed by atoms with E-state index in [9.17, 15) is 9.59 Å². The summed E-state index contributed by atoms with van der Waals surface area (Å²) in [4.78, 5) is 26.7. The molecule has 0 bridgehead atoms. The quantitative estimate of drug-likeness (QED) is 0.619. The summed E-state index contributed by atoms with van der Waals surface area (Å²) in [5, 5.41) is 6.13. The van der Waals surface area contributed by atoms with E-state index < -0.39 is 0 Å². The second kappa shape index (κ2) is 11.8. The molecule has 1 aromatic rings. The van der Waals surface area contributed by atoms with Crippen LogP contribution in [-0.4, -0.2) is 42.9 Å². The maximum Gasteiger partial charge on any atom is 0.223 e. The van der Waals surface area contributed by atoms with Gasteiger partial charge in [-0.3, -0.25) is 9.59 Å². The molecule has 0 radical (unpaired) electrons. The minimum absolute atomic E-state index is 0.0286. The van der Waals surface area contributed by atoms with Gasteiger partial charge >= 0.3 is 0 Å². The summed E-state index contributed by atoms with van der Waals surface area (Å²) < 4.78 is 0. The number of hydrogen-bond acceptors (Lipinski definition) is 3. The second-order valence-corrected chi connectivity index (χ2v) is 7.56. The van der Waals surface area contributed by atoms with Crippen molar-refractivity contribution < 1.29 is 9.59 Å². The van der Waals surface area contributed by atoms with Crippen molar-refractivity contribution in [3.05, 3.63) is 35.9 Å². The lowest BCUT2D eigenvalue weighted by Gasteiger charge is -2.31. The molecule has 0 spiro atoms. The summed E-state index contributed by atoms with van der Waals surface area (Å²) >= 11 is 0. The molecule has 1 heterocycles. The minimum Gasteiger partial charge on any atom is -0.356 e. The van der Waals surface area contributed by atoms with Gasteiger partial charge in [0, 0.05) is 25.4 Å². The van der Waals surface area contributed by atoms with E-state index in [1.54, 1.807) is 0 Å². The third-order valence-corrected chi connectivity index (χ3v) is 5.37. The van der Waals surface area contributed by atoms with Gasteiger partial charge in [-0.15, -0.1) is 0 Å². The molecule has 1 fully saturated rings. The highest BCUT2D eigenvalue weighted by molar-refractivity contribution is 5.78. The Bertz CT molecular complexity index is 568. The predicted molar refractivity (Wildman–Crippen MR) is 109 cm³/mol. The summed E-state index contributed by atoms with van der Waals surface area (Å²) in [5.41, 5.74) is 1.12. The fourth-order valence-corrected chi connectivity index (χ4v) is 3.55. The van der Waals surface area contributed by atoms with Crippen LogP contribution in [0.25, 0.3) is 0 Å². The summed E-state index contributed by atoms with van der Waals surface area (Å²) in [5.74, 6) is 0.428. The van der Waals surface area contributed by atoms with Gasteiger partial charge < -0.3 is 15.5 Å². The molecule has 0 saturated carbocycles. The van der Waals surface area contributed by atoms with Crippen molar-refractivity contribution in [3.8, 4) is 0 Å². The molecule has 1 aliphatic rings. The van der Waals surface area contributed by atoms with Crippen molar-refractivity contribution in [1.82, 2.24) is 15.5 Å².